The minimum Gasteiger partial charge on any atom is -0.393 e. The van der Waals surface area contributed by atoms with Crippen LogP contribution in [0.3, 0.4) is 0 Å². The highest BCUT2D eigenvalue weighted by atomic mass is 16.3. The average molecular weight is 277 g/mol. The standard InChI is InChI=1S/C18H31NO/c1-13(2)6-4-7-14(3)15-9-10-16-17(20)8-5-11-18(15,16)12-19/h13-17,20H,4-11H2,1-3H3/t14-,15+,16-,17-,18-/m0/s1. The summed E-state index contributed by atoms with van der Waals surface area (Å²) in [6.45, 7) is 6.91. The molecule has 114 valence electrons. The molecular formula is C18H31NO. The summed E-state index contributed by atoms with van der Waals surface area (Å²) in [6.07, 6.45) is 8.76. The Morgan fingerprint density at radius 3 is 2.60 bits per heavy atom. The number of hydrogen-bond donors (Lipinski definition) is 1. The van der Waals surface area contributed by atoms with E-state index < -0.39 is 0 Å². The molecule has 0 saturated heterocycles. The fourth-order valence-corrected chi connectivity index (χ4v) is 4.92. The van der Waals surface area contributed by atoms with Gasteiger partial charge in [0.2, 0.25) is 0 Å². The Hall–Kier alpha value is -0.550. The van der Waals surface area contributed by atoms with Crippen LogP contribution in [0.5, 0.6) is 0 Å². The summed E-state index contributed by atoms with van der Waals surface area (Å²) in [7, 11) is 0. The first-order valence-corrected chi connectivity index (χ1v) is 8.60. The Kier molecular flexibility index (Phi) is 5.13. The van der Waals surface area contributed by atoms with Crippen LogP contribution in [0, 0.1) is 40.4 Å². The van der Waals surface area contributed by atoms with Crippen LogP contribution in [0.25, 0.3) is 0 Å². The van der Waals surface area contributed by atoms with Crippen LogP contribution >= 0.6 is 0 Å². The number of hydrogen-bond acceptors (Lipinski definition) is 2. The van der Waals surface area contributed by atoms with Crippen LogP contribution in [0.4, 0.5) is 0 Å². The summed E-state index contributed by atoms with van der Waals surface area (Å²) in [5.74, 6) is 2.17. The molecule has 0 aliphatic heterocycles. The second kappa shape index (κ2) is 6.48. The molecule has 0 spiro atoms. The molecule has 0 aromatic heterocycles. The van der Waals surface area contributed by atoms with E-state index in [1.165, 1.54) is 19.3 Å². The molecule has 2 fully saturated rings. The summed E-state index contributed by atoms with van der Waals surface area (Å²) in [4.78, 5) is 0. The maximum atomic E-state index is 10.3. The normalized spacial score (nSPS) is 38.5. The Morgan fingerprint density at radius 1 is 1.20 bits per heavy atom. The fraction of sp³-hybridized carbons (Fsp3) is 0.944. The quantitative estimate of drug-likeness (QED) is 0.802. The molecule has 5 atom stereocenters. The van der Waals surface area contributed by atoms with Gasteiger partial charge >= 0.3 is 0 Å². The molecule has 2 heteroatoms. The highest BCUT2D eigenvalue weighted by Gasteiger charge is 2.55. The molecular weight excluding hydrogens is 246 g/mol. The molecule has 0 heterocycles. The topological polar surface area (TPSA) is 44.0 Å². The number of aliphatic hydroxyl groups excluding tert-OH is 1. The highest BCUT2D eigenvalue weighted by molar-refractivity contribution is 5.14. The predicted octanol–water partition coefficient (Wildman–Crippen LogP) is 4.53. The number of aliphatic hydroxyl groups is 1. The zero-order valence-corrected chi connectivity index (χ0v) is 13.4. The number of nitrogens with zero attached hydrogens (tertiary/aromatic N) is 1. The largest absolute Gasteiger partial charge is 0.393 e. The van der Waals surface area contributed by atoms with Gasteiger partial charge < -0.3 is 5.11 Å². The third-order valence-electron chi connectivity index (χ3n) is 6.00. The van der Waals surface area contributed by atoms with E-state index in [-0.39, 0.29) is 17.4 Å². The first kappa shape index (κ1) is 15.8. The molecule has 2 aliphatic carbocycles. The minimum absolute atomic E-state index is 0.213. The third-order valence-corrected chi connectivity index (χ3v) is 6.00. The van der Waals surface area contributed by atoms with Gasteiger partial charge in [-0.3, -0.25) is 0 Å². The van der Waals surface area contributed by atoms with Crippen LogP contribution in [0.1, 0.15) is 72.1 Å². The summed E-state index contributed by atoms with van der Waals surface area (Å²) >= 11 is 0. The van der Waals surface area contributed by atoms with Crippen LogP contribution in [-0.2, 0) is 0 Å². The van der Waals surface area contributed by atoms with Gasteiger partial charge in [0, 0.05) is 5.92 Å². The Morgan fingerprint density at radius 2 is 1.95 bits per heavy atom. The van der Waals surface area contributed by atoms with Gasteiger partial charge in [0.1, 0.15) is 0 Å². The molecule has 20 heavy (non-hydrogen) atoms. The van der Waals surface area contributed by atoms with Crippen LogP contribution in [0.2, 0.25) is 0 Å². The second-order valence-electron chi connectivity index (χ2n) is 7.70. The van der Waals surface area contributed by atoms with E-state index in [0.29, 0.717) is 11.8 Å². The van der Waals surface area contributed by atoms with Crippen molar-refractivity contribution in [2.24, 2.45) is 29.1 Å². The first-order valence-electron chi connectivity index (χ1n) is 8.60. The lowest BCUT2D eigenvalue weighted by atomic mass is 9.61. The zero-order chi connectivity index (χ0) is 14.8. The minimum atomic E-state index is -0.226. The summed E-state index contributed by atoms with van der Waals surface area (Å²) in [5.41, 5.74) is -0.213. The van der Waals surface area contributed by atoms with Crippen molar-refractivity contribution in [2.75, 3.05) is 0 Å². The van der Waals surface area contributed by atoms with Crippen molar-refractivity contribution in [1.29, 1.82) is 5.26 Å². The van der Waals surface area contributed by atoms with Crippen molar-refractivity contribution in [3.05, 3.63) is 0 Å². The van der Waals surface area contributed by atoms with Crippen molar-refractivity contribution in [3.63, 3.8) is 0 Å². The fourth-order valence-electron chi connectivity index (χ4n) is 4.92. The van der Waals surface area contributed by atoms with Crippen molar-refractivity contribution in [2.45, 2.75) is 78.2 Å². The maximum absolute atomic E-state index is 10.3. The van der Waals surface area contributed by atoms with Gasteiger partial charge in [0.25, 0.3) is 0 Å². The lowest BCUT2D eigenvalue weighted by molar-refractivity contribution is -0.00560. The molecule has 1 N–H and O–H groups in total. The van der Waals surface area contributed by atoms with Crippen LogP contribution < -0.4 is 0 Å². The number of fused-ring (bicyclic) bond motifs is 1. The SMILES string of the molecule is CC(C)CCC[C@H](C)[C@H]1CC[C@H]2[C@@H](O)CCC[C@]12C#N. The van der Waals surface area contributed by atoms with E-state index in [1.807, 2.05) is 0 Å². The Labute approximate surface area is 124 Å². The second-order valence-corrected chi connectivity index (χ2v) is 7.70. The van der Waals surface area contributed by atoms with Crippen LogP contribution in [0.15, 0.2) is 0 Å². The van der Waals surface area contributed by atoms with E-state index in [1.54, 1.807) is 0 Å². The smallest absolute Gasteiger partial charge is 0.0696 e. The van der Waals surface area contributed by atoms with Crippen molar-refractivity contribution in [1.82, 2.24) is 0 Å². The summed E-state index contributed by atoms with van der Waals surface area (Å²) in [5, 5.41) is 20.1. The molecule has 0 aromatic carbocycles. The van der Waals surface area contributed by atoms with E-state index in [0.717, 1.165) is 38.0 Å². The molecule has 0 radical (unpaired) electrons. The van der Waals surface area contributed by atoms with Crippen molar-refractivity contribution >= 4 is 0 Å². The van der Waals surface area contributed by atoms with Crippen LogP contribution in [-0.4, -0.2) is 11.2 Å². The van der Waals surface area contributed by atoms with E-state index in [9.17, 15) is 10.4 Å². The lowest BCUT2D eigenvalue weighted by Crippen LogP contribution is -2.42. The van der Waals surface area contributed by atoms with Gasteiger partial charge in [-0.15, -0.1) is 0 Å². The van der Waals surface area contributed by atoms with Gasteiger partial charge in [-0.2, -0.15) is 5.26 Å². The number of nitriles is 1. The van der Waals surface area contributed by atoms with E-state index in [2.05, 4.69) is 26.8 Å². The molecule has 0 unspecified atom stereocenters. The van der Waals surface area contributed by atoms with Crippen molar-refractivity contribution < 1.29 is 5.11 Å². The average Bonchev–Trinajstić information content (AvgIpc) is 2.79. The van der Waals surface area contributed by atoms with Gasteiger partial charge in [-0.25, -0.2) is 0 Å². The molecule has 2 nitrogen and oxygen atoms in total. The molecule has 2 rings (SSSR count). The third kappa shape index (κ3) is 2.89. The maximum Gasteiger partial charge on any atom is 0.0696 e. The van der Waals surface area contributed by atoms with Crippen molar-refractivity contribution in [3.8, 4) is 6.07 Å². The van der Waals surface area contributed by atoms with Gasteiger partial charge in [-0.1, -0.05) is 40.0 Å². The predicted molar refractivity (Wildman–Crippen MR) is 82.0 cm³/mol. The molecule has 2 saturated carbocycles. The first-order chi connectivity index (χ1) is 9.51. The monoisotopic (exact) mass is 277 g/mol. The molecule has 2 aliphatic rings. The Balaban J connectivity index is 2.02. The van der Waals surface area contributed by atoms with Gasteiger partial charge in [0.05, 0.1) is 17.6 Å². The lowest BCUT2D eigenvalue weighted by Gasteiger charge is -2.42. The zero-order valence-electron chi connectivity index (χ0n) is 13.4. The molecule has 0 aromatic rings. The Bertz CT molecular complexity index is 359. The van der Waals surface area contributed by atoms with Gasteiger partial charge in [-0.05, 0) is 49.9 Å². The summed E-state index contributed by atoms with van der Waals surface area (Å²) < 4.78 is 0. The van der Waals surface area contributed by atoms with E-state index in [4.69, 9.17) is 0 Å². The molecule has 0 bridgehead atoms. The summed E-state index contributed by atoms with van der Waals surface area (Å²) in [6, 6.07) is 2.68. The number of rotatable bonds is 5. The molecule has 0 amide bonds. The highest BCUT2D eigenvalue weighted by Crippen LogP contribution is 2.58. The van der Waals surface area contributed by atoms with Gasteiger partial charge in [0.15, 0.2) is 0 Å². The van der Waals surface area contributed by atoms with E-state index >= 15 is 0 Å².